The molecule has 1 N–H and O–H groups in total. The largest absolute Gasteiger partial charge is 0.495 e. The summed E-state index contributed by atoms with van der Waals surface area (Å²) in [6.45, 7) is 5.05. The number of nitro benzene ring substituents is 1. The van der Waals surface area contributed by atoms with E-state index in [4.69, 9.17) is 16.3 Å². The zero-order valence-electron chi connectivity index (χ0n) is 28.5. The highest BCUT2D eigenvalue weighted by Gasteiger charge is 2.36. The molecule has 1 unspecified atom stereocenters. The van der Waals surface area contributed by atoms with Crippen LogP contribution in [0.2, 0.25) is 5.02 Å². The number of benzene rings is 4. The van der Waals surface area contributed by atoms with Gasteiger partial charge in [0, 0.05) is 36.2 Å². The molecule has 0 aliphatic heterocycles. The molecule has 0 spiro atoms. The van der Waals surface area contributed by atoms with Crippen molar-refractivity contribution in [2.75, 3.05) is 24.5 Å². The van der Waals surface area contributed by atoms with Gasteiger partial charge >= 0.3 is 0 Å². The van der Waals surface area contributed by atoms with E-state index in [0.717, 1.165) is 39.9 Å². The van der Waals surface area contributed by atoms with E-state index in [0.29, 0.717) is 6.54 Å². The fraction of sp³-hybridized carbons (Fsp3) is 0.297. The summed E-state index contributed by atoms with van der Waals surface area (Å²) in [6.07, 6.45) is 1.74. The Morgan fingerprint density at radius 2 is 1.66 bits per heavy atom. The third-order valence-electron chi connectivity index (χ3n) is 8.23. The van der Waals surface area contributed by atoms with Gasteiger partial charge in [0.15, 0.2) is 0 Å². The molecular weight excluding hydrogens is 680 g/mol. The molecule has 4 aromatic rings. The highest BCUT2D eigenvalue weighted by molar-refractivity contribution is 7.92. The molecule has 11 nitrogen and oxygen atoms in total. The van der Waals surface area contributed by atoms with Crippen LogP contribution in [-0.2, 0) is 32.6 Å². The van der Waals surface area contributed by atoms with Gasteiger partial charge < -0.3 is 15.0 Å². The van der Waals surface area contributed by atoms with Crippen LogP contribution in [0.4, 0.5) is 11.4 Å². The lowest BCUT2D eigenvalue weighted by Gasteiger charge is -2.34. The van der Waals surface area contributed by atoms with Crippen LogP contribution < -0.4 is 14.4 Å². The van der Waals surface area contributed by atoms with Crippen molar-refractivity contribution >= 4 is 44.8 Å². The number of carbonyl (C=O) groups is 2. The SMILES string of the molecule is CCCCNC(=O)C(Cc1ccccc1)N(Cc1ccc(C)cc1)C(=O)CN(c1cc(Cl)ccc1OC)S(=O)(=O)c1ccc(C)c([N+](=O)[O-])c1. The number of methoxy groups -OCH3 is 1. The van der Waals surface area contributed by atoms with E-state index in [1.54, 1.807) is 0 Å². The average Bonchev–Trinajstić information content (AvgIpc) is 3.09. The molecule has 264 valence electrons. The Labute approximate surface area is 298 Å². The minimum atomic E-state index is -4.66. The molecule has 4 rings (SSSR count). The number of halogens is 1. The molecule has 0 radical (unpaired) electrons. The van der Waals surface area contributed by atoms with Gasteiger partial charge in [0.25, 0.3) is 15.7 Å². The zero-order valence-corrected chi connectivity index (χ0v) is 30.0. The van der Waals surface area contributed by atoms with Crippen molar-refractivity contribution < 1.29 is 27.7 Å². The van der Waals surface area contributed by atoms with Crippen LogP contribution in [0.3, 0.4) is 0 Å². The number of anilines is 1. The topological polar surface area (TPSA) is 139 Å². The number of hydrogen-bond donors (Lipinski definition) is 1. The van der Waals surface area contributed by atoms with Crippen molar-refractivity contribution in [2.45, 2.75) is 57.5 Å². The number of ether oxygens (including phenoxy) is 1. The molecule has 50 heavy (non-hydrogen) atoms. The normalized spacial score (nSPS) is 11.8. The number of carbonyl (C=O) groups excluding carboxylic acids is 2. The Balaban J connectivity index is 1.87. The number of aryl methyl sites for hydroxylation is 2. The Morgan fingerprint density at radius 1 is 0.960 bits per heavy atom. The lowest BCUT2D eigenvalue weighted by atomic mass is 10.0. The average molecular weight is 721 g/mol. The Kier molecular flexibility index (Phi) is 13.0. The third-order valence-corrected chi connectivity index (χ3v) is 10.2. The number of nitrogens with zero attached hydrogens (tertiary/aromatic N) is 3. The third kappa shape index (κ3) is 9.39. The second-order valence-corrected chi connectivity index (χ2v) is 14.2. The van der Waals surface area contributed by atoms with E-state index in [9.17, 15) is 28.1 Å². The van der Waals surface area contributed by atoms with Crippen LogP contribution >= 0.6 is 11.6 Å². The summed E-state index contributed by atoms with van der Waals surface area (Å²) in [6, 6.07) is 23.6. The number of nitro groups is 1. The van der Waals surface area contributed by atoms with Crippen molar-refractivity contribution in [1.29, 1.82) is 0 Å². The van der Waals surface area contributed by atoms with Gasteiger partial charge in [-0.25, -0.2) is 8.42 Å². The minimum absolute atomic E-state index is 0.00557. The predicted octanol–water partition coefficient (Wildman–Crippen LogP) is 6.63. The van der Waals surface area contributed by atoms with Crippen LogP contribution in [0.5, 0.6) is 5.75 Å². The van der Waals surface area contributed by atoms with Crippen LogP contribution in [-0.4, -0.2) is 56.3 Å². The number of unbranched alkanes of at least 4 members (excludes halogenated alkanes) is 1. The fourth-order valence-electron chi connectivity index (χ4n) is 5.40. The Hall–Kier alpha value is -4.94. The summed E-state index contributed by atoms with van der Waals surface area (Å²) in [7, 11) is -3.32. The molecule has 0 bridgehead atoms. The highest BCUT2D eigenvalue weighted by Crippen LogP contribution is 2.36. The predicted molar refractivity (Wildman–Crippen MR) is 194 cm³/mol. The van der Waals surface area contributed by atoms with Gasteiger partial charge in [0.2, 0.25) is 11.8 Å². The monoisotopic (exact) mass is 720 g/mol. The van der Waals surface area contributed by atoms with Gasteiger partial charge in [-0.15, -0.1) is 0 Å². The van der Waals surface area contributed by atoms with E-state index in [-0.39, 0.29) is 40.9 Å². The summed E-state index contributed by atoms with van der Waals surface area (Å²) in [5, 5.41) is 14.9. The molecule has 13 heteroatoms. The zero-order chi connectivity index (χ0) is 36.4. The van der Waals surface area contributed by atoms with Crippen LogP contribution in [0.15, 0.2) is 95.9 Å². The standard InChI is InChI=1S/C37H41ClN4O7S/c1-5-6-20-39-37(44)34(21-28-10-8-7-9-11-28)40(24-29-15-12-26(2)13-16-29)36(43)25-41(33-22-30(38)17-19-35(33)49-4)50(47,48)31-18-14-27(3)32(23-31)42(45)46/h7-19,22-23,34H,5-6,20-21,24-25H2,1-4H3,(H,39,44). The van der Waals surface area contributed by atoms with E-state index < -0.39 is 44.0 Å². The molecule has 4 aromatic carbocycles. The molecule has 0 fully saturated rings. The van der Waals surface area contributed by atoms with Crippen LogP contribution in [0.25, 0.3) is 0 Å². The lowest BCUT2D eigenvalue weighted by molar-refractivity contribution is -0.385. The molecule has 0 saturated carbocycles. The van der Waals surface area contributed by atoms with Crippen molar-refractivity contribution in [3.05, 3.63) is 128 Å². The van der Waals surface area contributed by atoms with Gasteiger partial charge in [-0.1, -0.05) is 91.2 Å². The summed E-state index contributed by atoms with van der Waals surface area (Å²) < 4.78 is 35.3. The second kappa shape index (κ2) is 17.1. The van der Waals surface area contributed by atoms with Crippen molar-refractivity contribution in [1.82, 2.24) is 10.2 Å². The Morgan fingerprint density at radius 3 is 2.30 bits per heavy atom. The molecule has 0 aliphatic carbocycles. The number of amides is 2. The number of sulfonamides is 1. The first-order chi connectivity index (χ1) is 23.8. The van der Waals surface area contributed by atoms with Crippen molar-refractivity contribution in [3.63, 3.8) is 0 Å². The summed E-state index contributed by atoms with van der Waals surface area (Å²) in [5.41, 5.74) is 2.34. The van der Waals surface area contributed by atoms with E-state index in [2.05, 4.69) is 5.32 Å². The molecule has 0 heterocycles. The van der Waals surface area contributed by atoms with Gasteiger partial charge in [-0.05, 0) is 55.7 Å². The van der Waals surface area contributed by atoms with Crippen LogP contribution in [0.1, 0.15) is 42.0 Å². The smallest absolute Gasteiger partial charge is 0.273 e. The maximum atomic E-state index is 14.7. The number of hydrogen-bond acceptors (Lipinski definition) is 7. The second-order valence-electron chi connectivity index (χ2n) is 11.9. The molecule has 0 aromatic heterocycles. The first-order valence-electron chi connectivity index (χ1n) is 16.1. The van der Waals surface area contributed by atoms with E-state index in [1.165, 1.54) is 49.3 Å². The summed E-state index contributed by atoms with van der Waals surface area (Å²) in [5.74, 6) is -0.980. The summed E-state index contributed by atoms with van der Waals surface area (Å²) >= 11 is 6.35. The first kappa shape index (κ1) is 37.9. The van der Waals surface area contributed by atoms with Gasteiger partial charge in [-0.2, -0.15) is 0 Å². The fourth-order valence-corrected chi connectivity index (χ4v) is 7.00. The lowest BCUT2D eigenvalue weighted by Crippen LogP contribution is -2.53. The maximum absolute atomic E-state index is 14.7. The van der Waals surface area contributed by atoms with E-state index in [1.807, 2.05) is 68.4 Å². The quantitative estimate of drug-likeness (QED) is 0.0779. The number of nitrogens with one attached hydrogen (secondary N) is 1. The Bertz CT molecular complexity index is 1920. The number of rotatable bonds is 16. The van der Waals surface area contributed by atoms with Gasteiger partial charge in [0.1, 0.15) is 18.3 Å². The van der Waals surface area contributed by atoms with Crippen molar-refractivity contribution in [2.24, 2.45) is 0 Å². The first-order valence-corrected chi connectivity index (χ1v) is 18.0. The van der Waals surface area contributed by atoms with Gasteiger partial charge in [-0.3, -0.25) is 24.0 Å². The minimum Gasteiger partial charge on any atom is -0.495 e. The molecule has 1 atom stereocenters. The molecule has 0 saturated heterocycles. The van der Waals surface area contributed by atoms with Crippen molar-refractivity contribution in [3.8, 4) is 5.75 Å². The van der Waals surface area contributed by atoms with Gasteiger partial charge in [0.05, 0.1) is 22.6 Å². The molecule has 2 amide bonds. The summed E-state index contributed by atoms with van der Waals surface area (Å²) in [4.78, 5) is 40.7. The molecule has 0 aliphatic rings. The maximum Gasteiger partial charge on any atom is 0.273 e. The van der Waals surface area contributed by atoms with Crippen LogP contribution in [0, 0.1) is 24.0 Å². The highest BCUT2D eigenvalue weighted by atomic mass is 35.5. The molecular formula is C37H41ClN4O7S. The van der Waals surface area contributed by atoms with E-state index >= 15 is 0 Å².